The van der Waals surface area contributed by atoms with Gasteiger partial charge in [0.15, 0.2) is 0 Å². The standard InChI is InChI=1S/C13H15N.H2O7S2/c1-2-3-8-13-12-7-5-4-6-11(12)9-10-14-13;1-8(2,3)7-9(4,5)6/h4-7,9-10H,2-3,8H2,1H3;(H,1,2,3)(H,4,5,6). The van der Waals surface area contributed by atoms with E-state index in [0.29, 0.717) is 0 Å². The van der Waals surface area contributed by atoms with Gasteiger partial charge in [0.2, 0.25) is 0 Å². The maximum Gasteiger partial charge on any atom is 0.413 e. The highest BCUT2D eigenvalue weighted by Crippen LogP contribution is 2.17. The van der Waals surface area contributed by atoms with Crippen molar-refractivity contribution in [1.82, 2.24) is 4.98 Å². The van der Waals surface area contributed by atoms with Gasteiger partial charge in [-0.25, -0.2) is 0 Å². The monoisotopic (exact) mass is 363 g/mol. The molecule has 0 saturated carbocycles. The number of pyridine rings is 1. The summed E-state index contributed by atoms with van der Waals surface area (Å²) in [4.78, 5) is 4.44. The lowest BCUT2D eigenvalue weighted by molar-refractivity contribution is 0.344. The Bertz CT molecular complexity index is 812. The molecule has 0 fully saturated rings. The normalized spacial score (nSPS) is 11.8. The van der Waals surface area contributed by atoms with E-state index in [1.807, 2.05) is 6.20 Å². The zero-order chi connectivity index (χ0) is 17.5. The summed E-state index contributed by atoms with van der Waals surface area (Å²) >= 11 is 0. The number of rotatable bonds is 5. The smallest absolute Gasteiger partial charge is 0.263 e. The van der Waals surface area contributed by atoms with E-state index in [4.69, 9.17) is 9.11 Å². The van der Waals surface area contributed by atoms with Crippen LogP contribution in [0.4, 0.5) is 0 Å². The fourth-order valence-electron chi connectivity index (χ4n) is 1.83. The molecule has 2 N–H and O–H groups in total. The molecule has 0 amide bonds. The van der Waals surface area contributed by atoms with Crippen molar-refractivity contribution in [3.8, 4) is 0 Å². The lowest BCUT2D eigenvalue weighted by Crippen LogP contribution is -2.10. The third-order valence-corrected chi connectivity index (χ3v) is 4.07. The maximum atomic E-state index is 9.44. The lowest BCUT2D eigenvalue weighted by Gasteiger charge is -2.03. The Labute approximate surface area is 135 Å². The van der Waals surface area contributed by atoms with Crippen molar-refractivity contribution in [2.24, 2.45) is 0 Å². The van der Waals surface area contributed by atoms with Crippen LogP contribution in [-0.4, -0.2) is 30.9 Å². The van der Waals surface area contributed by atoms with Crippen LogP contribution in [0.25, 0.3) is 10.8 Å². The number of unbranched alkanes of at least 4 members (excludes halogenated alkanes) is 1. The van der Waals surface area contributed by atoms with Crippen LogP contribution in [-0.2, 0) is 30.8 Å². The molecule has 0 atom stereocenters. The molecule has 0 saturated heterocycles. The molecule has 0 aliphatic carbocycles. The molecule has 2 rings (SSSR count). The van der Waals surface area contributed by atoms with Crippen molar-refractivity contribution in [2.75, 3.05) is 0 Å². The molecular formula is C13H17NO7S2. The summed E-state index contributed by atoms with van der Waals surface area (Å²) in [6.07, 6.45) is 5.46. The van der Waals surface area contributed by atoms with Gasteiger partial charge in [-0.3, -0.25) is 14.1 Å². The van der Waals surface area contributed by atoms with Crippen LogP contribution in [0.5, 0.6) is 0 Å². The molecule has 0 aliphatic heterocycles. The molecule has 0 aliphatic rings. The SMILES string of the molecule is CCCCc1nccc2ccccc12.O=S(=O)(O)OS(=O)(=O)O. The van der Waals surface area contributed by atoms with Crippen LogP contribution < -0.4 is 0 Å². The fraction of sp³-hybridized carbons (Fsp3) is 0.308. The third-order valence-electron chi connectivity index (χ3n) is 2.70. The van der Waals surface area contributed by atoms with E-state index >= 15 is 0 Å². The molecule has 0 radical (unpaired) electrons. The van der Waals surface area contributed by atoms with Gasteiger partial charge in [0.25, 0.3) is 0 Å². The molecule has 23 heavy (non-hydrogen) atoms. The number of benzene rings is 1. The average molecular weight is 363 g/mol. The molecule has 0 spiro atoms. The van der Waals surface area contributed by atoms with Gasteiger partial charge >= 0.3 is 20.8 Å². The Balaban J connectivity index is 0.000000257. The zero-order valence-electron chi connectivity index (χ0n) is 12.3. The number of nitrogens with zero attached hydrogens (tertiary/aromatic N) is 1. The summed E-state index contributed by atoms with van der Waals surface area (Å²) < 4.78 is 55.6. The molecule has 0 unspecified atom stereocenters. The predicted octanol–water partition coefficient (Wildman–Crippen LogP) is 2.19. The largest absolute Gasteiger partial charge is 0.413 e. The first-order valence-electron chi connectivity index (χ1n) is 6.61. The Kier molecular flexibility index (Phi) is 7.03. The maximum absolute atomic E-state index is 9.44. The molecule has 0 bridgehead atoms. The minimum absolute atomic E-state index is 1.10. The number of hydrogen-bond donors (Lipinski definition) is 2. The minimum Gasteiger partial charge on any atom is -0.263 e. The summed E-state index contributed by atoms with van der Waals surface area (Å²) in [5.74, 6) is 0. The van der Waals surface area contributed by atoms with E-state index < -0.39 is 20.8 Å². The quantitative estimate of drug-likeness (QED) is 0.773. The third kappa shape index (κ3) is 8.00. The van der Waals surface area contributed by atoms with Crippen LogP contribution >= 0.6 is 0 Å². The molecule has 10 heteroatoms. The summed E-state index contributed by atoms with van der Waals surface area (Å²) in [5, 5.41) is 2.61. The Hall–Kier alpha value is -1.59. The minimum atomic E-state index is -5.12. The average Bonchev–Trinajstić information content (AvgIpc) is 2.42. The van der Waals surface area contributed by atoms with Gasteiger partial charge in [0, 0.05) is 17.3 Å². The zero-order valence-corrected chi connectivity index (χ0v) is 13.9. The molecular weight excluding hydrogens is 346 g/mol. The van der Waals surface area contributed by atoms with Gasteiger partial charge < -0.3 is 0 Å². The Morgan fingerprint density at radius 1 is 1.04 bits per heavy atom. The van der Waals surface area contributed by atoms with E-state index in [-0.39, 0.29) is 0 Å². The number of aryl methyl sites for hydroxylation is 1. The van der Waals surface area contributed by atoms with Gasteiger partial charge in [-0.1, -0.05) is 37.6 Å². The summed E-state index contributed by atoms with van der Waals surface area (Å²) in [6, 6.07) is 10.5. The highest BCUT2D eigenvalue weighted by atomic mass is 32.3. The van der Waals surface area contributed by atoms with E-state index in [9.17, 15) is 16.8 Å². The van der Waals surface area contributed by atoms with Crippen LogP contribution in [0.2, 0.25) is 0 Å². The van der Waals surface area contributed by atoms with Gasteiger partial charge in [0.05, 0.1) is 0 Å². The molecule has 8 nitrogen and oxygen atoms in total. The molecule has 1 aromatic carbocycles. The van der Waals surface area contributed by atoms with Crippen molar-refractivity contribution in [2.45, 2.75) is 26.2 Å². The molecule has 1 aromatic heterocycles. The van der Waals surface area contributed by atoms with Gasteiger partial charge in [-0.05, 0) is 24.3 Å². The van der Waals surface area contributed by atoms with E-state index in [1.165, 1.54) is 29.3 Å². The second-order valence-electron chi connectivity index (χ2n) is 4.51. The topological polar surface area (TPSA) is 131 Å². The second-order valence-corrected chi connectivity index (χ2v) is 6.76. The predicted molar refractivity (Wildman–Crippen MR) is 84.5 cm³/mol. The highest BCUT2D eigenvalue weighted by molar-refractivity contribution is 7.94. The second kappa shape index (κ2) is 8.31. The van der Waals surface area contributed by atoms with E-state index in [0.717, 1.165) is 6.42 Å². The van der Waals surface area contributed by atoms with Crippen LogP contribution in [0.3, 0.4) is 0 Å². The first kappa shape index (κ1) is 19.5. The summed E-state index contributed by atoms with van der Waals surface area (Å²) in [6.45, 7) is 2.21. The van der Waals surface area contributed by atoms with Crippen LogP contribution in [0.15, 0.2) is 36.5 Å². The van der Waals surface area contributed by atoms with Crippen molar-refractivity contribution in [1.29, 1.82) is 0 Å². The van der Waals surface area contributed by atoms with E-state index in [1.54, 1.807) is 0 Å². The van der Waals surface area contributed by atoms with Crippen LogP contribution in [0, 0.1) is 0 Å². The Morgan fingerprint density at radius 3 is 2.17 bits per heavy atom. The molecule has 2 aromatic rings. The van der Waals surface area contributed by atoms with Crippen LogP contribution in [0.1, 0.15) is 25.5 Å². The van der Waals surface area contributed by atoms with Gasteiger partial charge in [-0.15, -0.1) is 3.63 Å². The van der Waals surface area contributed by atoms with Gasteiger partial charge in [-0.2, -0.15) is 16.8 Å². The van der Waals surface area contributed by atoms with Crippen molar-refractivity contribution in [3.05, 3.63) is 42.2 Å². The summed E-state index contributed by atoms with van der Waals surface area (Å²) in [5.41, 5.74) is 1.24. The Morgan fingerprint density at radius 2 is 1.65 bits per heavy atom. The number of hydrogen-bond acceptors (Lipinski definition) is 6. The molecule has 128 valence electrons. The van der Waals surface area contributed by atoms with E-state index in [2.05, 4.69) is 45.9 Å². The van der Waals surface area contributed by atoms with Crippen molar-refractivity contribution < 1.29 is 29.6 Å². The number of fused-ring (bicyclic) bond motifs is 1. The lowest BCUT2D eigenvalue weighted by atomic mass is 10.1. The number of aromatic nitrogens is 1. The molecule has 1 heterocycles. The van der Waals surface area contributed by atoms with Crippen molar-refractivity contribution >= 4 is 31.6 Å². The first-order valence-corrected chi connectivity index (χ1v) is 9.34. The fourth-order valence-corrected chi connectivity index (χ4v) is 2.70. The van der Waals surface area contributed by atoms with Gasteiger partial charge in [0.1, 0.15) is 0 Å². The summed E-state index contributed by atoms with van der Waals surface area (Å²) in [7, 11) is -10.2. The first-order chi connectivity index (χ1) is 10.6. The van der Waals surface area contributed by atoms with Crippen molar-refractivity contribution in [3.63, 3.8) is 0 Å². The highest BCUT2D eigenvalue weighted by Gasteiger charge is 2.15.